The normalized spacial score (nSPS) is 11.7. The van der Waals surface area contributed by atoms with E-state index in [-0.39, 0.29) is 12.1 Å². The summed E-state index contributed by atoms with van der Waals surface area (Å²) in [7, 11) is 0. The lowest BCUT2D eigenvalue weighted by atomic mass is 10.0. The molecule has 2 heteroatoms. The summed E-state index contributed by atoms with van der Waals surface area (Å²) in [4.78, 5) is 11.0. The Labute approximate surface area is 112 Å². The van der Waals surface area contributed by atoms with Gasteiger partial charge in [0.25, 0.3) is 0 Å². The molecule has 18 heavy (non-hydrogen) atoms. The molecule has 1 atom stereocenters. The van der Waals surface area contributed by atoms with Crippen LogP contribution in [-0.4, -0.2) is 12.1 Å². The number of allylic oxidation sites excluding steroid dienone is 1. The van der Waals surface area contributed by atoms with Crippen LogP contribution in [0.3, 0.4) is 0 Å². The second-order valence-corrected chi connectivity index (χ2v) is 4.77. The zero-order chi connectivity index (χ0) is 13.6. The smallest absolute Gasteiger partial charge is 0.302 e. The van der Waals surface area contributed by atoms with Gasteiger partial charge in [-0.05, 0) is 44.6 Å². The third kappa shape index (κ3) is 11.5. The van der Waals surface area contributed by atoms with Gasteiger partial charge in [-0.25, -0.2) is 0 Å². The minimum Gasteiger partial charge on any atom is -0.463 e. The van der Waals surface area contributed by atoms with E-state index in [9.17, 15) is 4.79 Å². The zero-order valence-electron chi connectivity index (χ0n) is 12.0. The summed E-state index contributed by atoms with van der Waals surface area (Å²) in [6.07, 6.45) is 12.3. The molecule has 0 rings (SSSR count). The maximum Gasteiger partial charge on any atom is 0.302 e. The summed E-state index contributed by atoms with van der Waals surface area (Å²) < 4.78 is 5.36. The van der Waals surface area contributed by atoms with Crippen LogP contribution in [0.15, 0.2) is 18.4 Å². The Hall–Kier alpha value is -1.01. The van der Waals surface area contributed by atoms with Gasteiger partial charge in [0.05, 0.1) is 0 Å². The molecule has 0 aromatic heterocycles. The number of carbonyl (C=O) groups excluding carboxylic acids is 1. The fraction of sp³-hybridized carbons (Fsp3) is 0.750. The molecule has 0 saturated heterocycles. The number of unbranched alkanes of at least 4 members (excludes halogenated alkanes) is 5. The minimum absolute atomic E-state index is 0.129. The Morgan fingerprint density at radius 2 is 1.89 bits per heavy atom. The van der Waals surface area contributed by atoms with Crippen molar-refractivity contribution in [2.75, 3.05) is 0 Å². The number of hydrogen-bond donors (Lipinski definition) is 0. The molecule has 2 nitrogen and oxygen atoms in total. The van der Waals surface area contributed by atoms with Crippen molar-refractivity contribution in [3.8, 4) is 0 Å². The lowest BCUT2D eigenvalue weighted by Gasteiger charge is -2.16. The standard InChI is InChI=1S/C16H28O2/c1-4-6-8-9-10-12-14-16(18-15(3)17)13-11-7-5-2/h6,16H,1,5,7-14H2,2-3H3. The molecule has 0 aromatic rings. The lowest BCUT2D eigenvalue weighted by molar-refractivity contribution is -0.147. The van der Waals surface area contributed by atoms with Crippen molar-refractivity contribution in [2.24, 2.45) is 0 Å². The van der Waals surface area contributed by atoms with Crippen LogP contribution in [0, 0.1) is 0 Å². The van der Waals surface area contributed by atoms with Crippen molar-refractivity contribution in [3.63, 3.8) is 0 Å². The third-order valence-electron chi connectivity index (χ3n) is 2.98. The molecule has 104 valence electrons. The summed E-state index contributed by atoms with van der Waals surface area (Å²) in [5.74, 6) is -0.147. The first-order chi connectivity index (χ1) is 8.70. The van der Waals surface area contributed by atoms with Gasteiger partial charge in [-0.15, -0.1) is 5.73 Å². The van der Waals surface area contributed by atoms with E-state index in [0.717, 1.165) is 32.1 Å². The number of hydrogen-bond acceptors (Lipinski definition) is 2. The molecule has 0 saturated carbocycles. The van der Waals surface area contributed by atoms with E-state index in [1.807, 2.05) is 6.08 Å². The highest BCUT2D eigenvalue weighted by atomic mass is 16.5. The van der Waals surface area contributed by atoms with E-state index in [2.05, 4.69) is 19.2 Å². The first-order valence-corrected chi connectivity index (χ1v) is 7.22. The molecule has 0 aromatic carbocycles. The molecule has 0 N–H and O–H groups in total. The van der Waals surface area contributed by atoms with Crippen LogP contribution in [0.1, 0.15) is 71.6 Å². The summed E-state index contributed by atoms with van der Waals surface area (Å²) in [6, 6.07) is 0. The summed E-state index contributed by atoms with van der Waals surface area (Å²) in [5, 5.41) is 0. The van der Waals surface area contributed by atoms with Crippen LogP contribution in [0.2, 0.25) is 0 Å². The SMILES string of the molecule is C=C=CCCCCCC(CCCCC)OC(C)=O. The second kappa shape index (κ2) is 12.4. The van der Waals surface area contributed by atoms with Crippen LogP contribution in [-0.2, 0) is 9.53 Å². The summed E-state index contributed by atoms with van der Waals surface area (Å²) in [5.41, 5.74) is 2.78. The Morgan fingerprint density at radius 3 is 2.44 bits per heavy atom. The van der Waals surface area contributed by atoms with E-state index in [1.165, 1.54) is 32.6 Å². The van der Waals surface area contributed by atoms with E-state index in [4.69, 9.17) is 4.74 Å². The molecule has 0 heterocycles. The van der Waals surface area contributed by atoms with Crippen molar-refractivity contribution in [3.05, 3.63) is 18.4 Å². The monoisotopic (exact) mass is 252 g/mol. The van der Waals surface area contributed by atoms with Crippen molar-refractivity contribution >= 4 is 5.97 Å². The highest BCUT2D eigenvalue weighted by Gasteiger charge is 2.10. The van der Waals surface area contributed by atoms with Crippen molar-refractivity contribution in [1.82, 2.24) is 0 Å². The van der Waals surface area contributed by atoms with Crippen molar-refractivity contribution < 1.29 is 9.53 Å². The van der Waals surface area contributed by atoms with Gasteiger partial charge in [-0.1, -0.05) is 32.8 Å². The number of ether oxygens (including phenoxy) is 1. The maximum absolute atomic E-state index is 11.0. The molecule has 0 radical (unpaired) electrons. The van der Waals surface area contributed by atoms with Crippen LogP contribution in [0.4, 0.5) is 0 Å². The Bertz CT molecular complexity index is 252. The topological polar surface area (TPSA) is 26.3 Å². The molecule has 0 spiro atoms. The molecule has 0 aliphatic rings. The average Bonchev–Trinajstić information content (AvgIpc) is 2.33. The van der Waals surface area contributed by atoms with Crippen LogP contribution >= 0.6 is 0 Å². The fourth-order valence-electron chi connectivity index (χ4n) is 2.02. The van der Waals surface area contributed by atoms with E-state index in [1.54, 1.807) is 0 Å². The van der Waals surface area contributed by atoms with E-state index < -0.39 is 0 Å². The molecule has 0 bridgehead atoms. The Balaban J connectivity index is 3.71. The van der Waals surface area contributed by atoms with Gasteiger partial charge >= 0.3 is 5.97 Å². The highest BCUT2D eigenvalue weighted by molar-refractivity contribution is 5.66. The first kappa shape index (κ1) is 17.0. The minimum atomic E-state index is -0.147. The van der Waals surface area contributed by atoms with Crippen LogP contribution in [0.5, 0.6) is 0 Å². The Morgan fingerprint density at radius 1 is 1.22 bits per heavy atom. The molecule has 0 aliphatic heterocycles. The zero-order valence-corrected chi connectivity index (χ0v) is 12.0. The number of rotatable bonds is 11. The predicted molar refractivity (Wildman–Crippen MR) is 76.5 cm³/mol. The largest absolute Gasteiger partial charge is 0.463 e. The number of carbonyl (C=O) groups is 1. The lowest BCUT2D eigenvalue weighted by Crippen LogP contribution is -2.16. The molecular formula is C16H28O2. The average molecular weight is 252 g/mol. The predicted octanol–water partition coefficient (Wildman–Crippen LogP) is 4.79. The maximum atomic E-state index is 11.0. The molecular weight excluding hydrogens is 224 g/mol. The number of esters is 1. The van der Waals surface area contributed by atoms with Gasteiger partial charge < -0.3 is 4.74 Å². The molecule has 0 aliphatic carbocycles. The molecule has 1 unspecified atom stereocenters. The van der Waals surface area contributed by atoms with Crippen LogP contribution < -0.4 is 0 Å². The van der Waals surface area contributed by atoms with Gasteiger partial charge in [0.1, 0.15) is 6.10 Å². The second-order valence-electron chi connectivity index (χ2n) is 4.77. The molecule has 0 amide bonds. The van der Waals surface area contributed by atoms with Gasteiger partial charge in [0.15, 0.2) is 0 Å². The first-order valence-electron chi connectivity index (χ1n) is 7.22. The Kier molecular flexibility index (Phi) is 11.7. The third-order valence-corrected chi connectivity index (χ3v) is 2.98. The summed E-state index contributed by atoms with van der Waals surface area (Å²) in [6.45, 7) is 7.23. The van der Waals surface area contributed by atoms with Crippen LogP contribution in [0.25, 0.3) is 0 Å². The quantitative estimate of drug-likeness (QED) is 0.300. The van der Waals surface area contributed by atoms with Gasteiger partial charge in [-0.3, -0.25) is 4.79 Å². The van der Waals surface area contributed by atoms with Gasteiger partial charge in [0.2, 0.25) is 0 Å². The highest BCUT2D eigenvalue weighted by Crippen LogP contribution is 2.15. The van der Waals surface area contributed by atoms with E-state index in [0.29, 0.717) is 0 Å². The van der Waals surface area contributed by atoms with Crippen molar-refractivity contribution in [2.45, 2.75) is 77.7 Å². The van der Waals surface area contributed by atoms with E-state index >= 15 is 0 Å². The van der Waals surface area contributed by atoms with Crippen molar-refractivity contribution in [1.29, 1.82) is 0 Å². The van der Waals surface area contributed by atoms with Gasteiger partial charge in [0, 0.05) is 6.92 Å². The van der Waals surface area contributed by atoms with Gasteiger partial charge in [-0.2, -0.15) is 0 Å². The summed E-state index contributed by atoms with van der Waals surface area (Å²) >= 11 is 0. The molecule has 0 fully saturated rings. The fourth-order valence-corrected chi connectivity index (χ4v) is 2.02.